The van der Waals surface area contributed by atoms with Crippen molar-refractivity contribution >= 4 is 21.6 Å². The van der Waals surface area contributed by atoms with Gasteiger partial charge < -0.3 is 10.6 Å². The molecule has 0 saturated heterocycles. The van der Waals surface area contributed by atoms with E-state index in [-0.39, 0.29) is 17.3 Å². The summed E-state index contributed by atoms with van der Waals surface area (Å²) in [6.45, 7) is 1.54. The van der Waals surface area contributed by atoms with Gasteiger partial charge in [-0.1, -0.05) is 0 Å². The van der Waals surface area contributed by atoms with Crippen molar-refractivity contribution in [3.8, 4) is 0 Å². The third-order valence-electron chi connectivity index (χ3n) is 2.81. The summed E-state index contributed by atoms with van der Waals surface area (Å²) in [7, 11) is 0.860. The molecule has 0 aromatic heterocycles. The zero-order valence-electron chi connectivity index (χ0n) is 11.5. The maximum absolute atomic E-state index is 12.3. The zero-order valence-corrected chi connectivity index (χ0v) is 12.4. The molecule has 1 rings (SSSR count). The first-order chi connectivity index (χ1) is 8.66. The summed E-state index contributed by atoms with van der Waals surface area (Å²) in [6.07, 6.45) is 0. The van der Waals surface area contributed by atoms with Crippen LogP contribution in [-0.4, -0.2) is 51.2 Å². The van der Waals surface area contributed by atoms with Crippen LogP contribution in [-0.2, 0) is 14.8 Å². The van der Waals surface area contributed by atoms with E-state index in [1.54, 1.807) is 27.1 Å². The van der Waals surface area contributed by atoms with Crippen LogP contribution in [0.4, 0.5) is 5.69 Å². The molecule has 0 unspecified atom stereocenters. The summed E-state index contributed by atoms with van der Waals surface area (Å²) in [5, 5.41) is 0. The predicted octanol–water partition coefficient (Wildman–Crippen LogP) is 0.286. The summed E-state index contributed by atoms with van der Waals surface area (Å²) in [5.74, 6) is -0.279. The summed E-state index contributed by atoms with van der Waals surface area (Å²) < 4.78 is 25.6. The molecule has 0 radical (unpaired) electrons. The Hall–Kier alpha value is -1.60. The fourth-order valence-corrected chi connectivity index (χ4v) is 2.61. The molecule has 0 bridgehead atoms. The van der Waals surface area contributed by atoms with Gasteiger partial charge in [-0.15, -0.1) is 0 Å². The quantitative estimate of drug-likeness (QED) is 0.806. The fraction of sp³-hybridized carbons (Fsp3) is 0.417. The molecular weight excluding hydrogens is 266 g/mol. The second kappa shape index (κ2) is 5.58. The number of carbonyl (C=O) groups excluding carboxylic acids is 1. The number of hydrogen-bond donors (Lipinski definition) is 1. The highest BCUT2D eigenvalue weighted by Crippen LogP contribution is 2.19. The lowest BCUT2D eigenvalue weighted by Gasteiger charge is -2.19. The number of rotatable bonds is 4. The van der Waals surface area contributed by atoms with Crippen LogP contribution in [0, 0.1) is 6.92 Å². The molecule has 2 N–H and O–H groups in total. The lowest BCUT2D eigenvalue weighted by molar-refractivity contribution is -0.128. The number of aryl methyl sites for hydroxylation is 1. The van der Waals surface area contributed by atoms with E-state index in [2.05, 4.69) is 0 Å². The molecule has 0 spiro atoms. The highest BCUT2D eigenvalue weighted by atomic mass is 32.2. The molecule has 0 heterocycles. The van der Waals surface area contributed by atoms with Crippen LogP contribution in [0.25, 0.3) is 0 Å². The summed E-state index contributed by atoms with van der Waals surface area (Å²) in [4.78, 5) is 13.0. The van der Waals surface area contributed by atoms with E-state index >= 15 is 0 Å². The van der Waals surface area contributed by atoms with Crippen LogP contribution in [0.15, 0.2) is 23.1 Å². The summed E-state index contributed by atoms with van der Waals surface area (Å²) >= 11 is 0. The number of carbonyl (C=O) groups is 1. The molecule has 0 atom stereocenters. The molecule has 1 aromatic rings. The third kappa shape index (κ3) is 3.45. The van der Waals surface area contributed by atoms with Gasteiger partial charge in [-0.3, -0.25) is 4.79 Å². The van der Waals surface area contributed by atoms with Crippen LogP contribution in [0.1, 0.15) is 5.56 Å². The molecule has 6 nitrogen and oxygen atoms in total. The number of likely N-dealkylation sites (N-methyl/N-ethyl adjacent to an activating group) is 2. The van der Waals surface area contributed by atoms with Crippen LogP contribution >= 0.6 is 0 Å². The number of nitrogens with zero attached hydrogens (tertiary/aromatic N) is 2. The minimum absolute atomic E-state index is 0.133. The molecule has 0 saturated carbocycles. The smallest absolute Gasteiger partial charge is 0.243 e. The normalized spacial score (nSPS) is 11.6. The summed E-state index contributed by atoms with van der Waals surface area (Å²) in [5.41, 5.74) is 6.88. The van der Waals surface area contributed by atoms with E-state index in [1.165, 1.54) is 24.1 Å². The molecular formula is C12H19N3O3S. The Bertz CT molecular complexity index is 582. The van der Waals surface area contributed by atoms with Gasteiger partial charge in [0.15, 0.2) is 0 Å². The van der Waals surface area contributed by atoms with E-state index in [4.69, 9.17) is 5.73 Å². The minimum atomic E-state index is -3.68. The number of hydrogen-bond acceptors (Lipinski definition) is 4. The van der Waals surface area contributed by atoms with E-state index in [1.807, 2.05) is 0 Å². The summed E-state index contributed by atoms with van der Waals surface area (Å²) in [6, 6.07) is 4.49. The topological polar surface area (TPSA) is 83.7 Å². The van der Waals surface area contributed by atoms with Gasteiger partial charge in [0.05, 0.1) is 11.4 Å². The number of anilines is 1. The number of nitrogen functional groups attached to an aromatic ring is 1. The van der Waals surface area contributed by atoms with Crippen molar-refractivity contribution in [2.45, 2.75) is 11.8 Å². The Kier molecular flexibility index (Phi) is 4.54. The lowest BCUT2D eigenvalue weighted by atomic mass is 10.2. The van der Waals surface area contributed by atoms with Gasteiger partial charge in [0.1, 0.15) is 0 Å². The Morgan fingerprint density at radius 3 is 2.32 bits per heavy atom. The lowest BCUT2D eigenvalue weighted by Crippen LogP contribution is -2.37. The van der Waals surface area contributed by atoms with Crippen molar-refractivity contribution in [2.75, 3.05) is 33.4 Å². The number of benzene rings is 1. The van der Waals surface area contributed by atoms with Gasteiger partial charge >= 0.3 is 0 Å². The van der Waals surface area contributed by atoms with Gasteiger partial charge in [0.2, 0.25) is 15.9 Å². The predicted molar refractivity (Wildman–Crippen MR) is 74.1 cm³/mol. The van der Waals surface area contributed by atoms with Crippen molar-refractivity contribution in [3.63, 3.8) is 0 Å². The zero-order chi connectivity index (χ0) is 14.8. The largest absolute Gasteiger partial charge is 0.399 e. The Morgan fingerprint density at radius 2 is 1.84 bits per heavy atom. The second-order valence-electron chi connectivity index (χ2n) is 4.57. The van der Waals surface area contributed by atoms with Gasteiger partial charge in [-0.05, 0) is 30.7 Å². The number of nitrogens with two attached hydrogens (primary N) is 1. The van der Waals surface area contributed by atoms with E-state index in [0.29, 0.717) is 11.3 Å². The molecule has 0 fully saturated rings. The maximum atomic E-state index is 12.3. The SMILES string of the molecule is Cc1cc(S(=O)(=O)N(C)CC(=O)N(C)C)ccc1N. The van der Waals surface area contributed by atoms with Crippen LogP contribution in [0.3, 0.4) is 0 Å². The molecule has 1 amide bonds. The molecule has 0 aliphatic carbocycles. The number of amides is 1. The van der Waals surface area contributed by atoms with Gasteiger partial charge in [-0.2, -0.15) is 4.31 Å². The minimum Gasteiger partial charge on any atom is -0.399 e. The first-order valence-corrected chi connectivity index (χ1v) is 7.13. The fourth-order valence-electron chi connectivity index (χ4n) is 1.41. The average molecular weight is 285 g/mol. The molecule has 7 heteroatoms. The van der Waals surface area contributed by atoms with Crippen molar-refractivity contribution in [1.29, 1.82) is 0 Å². The second-order valence-corrected chi connectivity index (χ2v) is 6.61. The first-order valence-electron chi connectivity index (χ1n) is 5.69. The molecule has 19 heavy (non-hydrogen) atoms. The maximum Gasteiger partial charge on any atom is 0.243 e. The average Bonchev–Trinajstić information content (AvgIpc) is 2.32. The monoisotopic (exact) mass is 285 g/mol. The van der Waals surface area contributed by atoms with Crippen molar-refractivity contribution in [3.05, 3.63) is 23.8 Å². The van der Waals surface area contributed by atoms with Crippen LogP contribution in [0.2, 0.25) is 0 Å². The van der Waals surface area contributed by atoms with E-state index < -0.39 is 10.0 Å². The van der Waals surface area contributed by atoms with E-state index in [0.717, 1.165) is 4.31 Å². The number of sulfonamides is 1. The van der Waals surface area contributed by atoms with Crippen molar-refractivity contribution in [2.24, 2.45) is 0 Å². The Balaban J connectivity index is 3.03. The molecule has 0 aliphatic heterocycles. The van der Waals surface area contributed by atoms with Crippen molar-refractivity contribution in [1.82, 2.24) is 9.21 Å². The Morgan fingerprint density at radius 1 is 1.26 bits per heavy atom. The molecule has 0 aliphatic rings. The van der Waals surface area contributed by atoms with Crippen LogP contribution in [0.5, 0.6) is 0 Å². The van der Waals surface area contributed by atoms with Gasteiger partial charge in [-0.25, -0.2) is 8.42 Å². The highest BCUT2D eigenvalue weighted by Gasteiger charge is 2.23. The van der Waals surface area contributed by atoms with Crippen LogP contribution < -0.4 is 5.73 Å². The van der Waals surface area contributed by atoms with Crippen molar-refractivity contribution < 1.29 is 13.2 Å². The highest BCUT2D eigenvalue weighted by molar-refractivity contribution is 7.89. The first kappa shape index (κ1) is 15.5. The standard InChI is InChI=1S/C12H19N3O3S/c1-9-7-10(5-6-11(9)13)19(17,18)15(4)8-12(16)14(2)3/h5-7H,8,13H2,1-4H3. The van der Waals surface area contributed by atoms with Gasteiger partial charge in [0.25, 0.3) is 0 Å². The van der Waals surface area contributed by atoms with E-state index in [9.17, 15) is 13.2 Å². The molecule has 1 aromatic carbocycles. The Labute approximate surface area is 113 Å². The third-order valence-corrected chi connectivity index (χ3v) is 4.61. The molecule has 106 valence electrons. The van der Waals surface area contributed by atoms with Gasteiger partial charge in [0, 0.05) is 26.8 Å².